The van der Waals surface area contributed by atoms with Gasteiger partial charge < -0.3 is 5.32 Å². The molecule has 1 aliphatic heterocycles. The van der Waals surface area contributed by atoms with E-state index in [0.29, 0.717) is 5.41 Å². The van der Waals surface area contributed by atoms with Gasteiger partial charge in [0.1, 0.15) is 0 Å². The summed E-state index contributed by atoms with van der Waals surface area (Å²) in [6, 6.07) is 19.8. The second-order valence-electron chi connectivity index (χ2n) is 7.96. The van der Waals surface area contributed by atoms with E-state index in [1.807, 2.05) is 0 Å². The molecule has 132 valence electrons. The number of benzene rings is 2. The molecule has 1 N–H and O–H groups in total. The largest absolute Gasteiger partial charge is 0.385 e. The van der Waals surface area contributed by atoms with Crippen LogP contribution in [-0.4, -0.2) is 24.5 Å². The van der Waals surface area contributed by atoms with Crippen molar-refractivity contribution in [2.75, 3.05) is 25.0 Å². The Bertz CT molecular complexity index is 686. The molecule has 1 atom stereocenters. The molecule has 4 rings (SSSR count). The van der Waals surface area contributed by atoms with Crippen molar-refractivity contribution < 1.29 is 0 Å². The smallest absolute Gasteiger partial charge is 0.0343 e. The van der Waals surface area contributed by atoms with Gasteiger partial charge in [0.2, 0.25) is 0 Å². The molecule has 0 bridgehead atoms. The van der Waals surface area contributed by atoms with Gasteiger partial charge in [0.15, 0.2) is 0 Å². The van der Waals surface area contributed by atoms with E-state index in [9.17, 15) is 0 Å². The van der Waals surface area contributed by atoms with E-state index in [4.69, 9.17) is 0 Å². The van der Waals surface area contributed by atoms with Crippen molar-refractivity contribution in [2.24, 2.45) is 11.3 Å². The number of nitrogens with zero attached hydrogens (tertiary/aromatic N) is 1. The van der Waals surface area contributed by atoms with E-state index < -0.39 is 0 Å². The minimum Gasteiger partial charge on any atom is -0.385 e. The molecule has 2 fully saturated rings. The Labute approximate surface area is 152 Å². The van der Waals surface area contributed by atoms with Gasteiger partial charge in [-0.25, -0.2) is 0 Å². The van der Waals surface area contributed by atoms with Crippen LogP contribution in [0.4, 0.5) is 5.69 Å². The SMILES string of the molecule is CCc1cccc(NCC2CC23CCN(Cc2ccccc2)CC3)c1. The van der Waals surface area contributed by atoms with Crippen LogP contribution in [0.25, 0.3) is 0 Å². The van der Waals surface area contributed by atoms with Crippen LogP contribution >= 0.6 is 0 Å². The average Bonchev–Trinajstić information content (AvgIpc) is 3.35. The lowest BCUT2D eigenvalue weighted by Crippen LogP contribution is -2.35. The predicted molar refractivity (Wildman–Crippen MR) is 106 cm³/mol. The summed E-state index contributed by atoms with van der Waals surface area (Å²) in [6.07, 6.45) is 5.29. The Kier molecular flexibility index (Phi) is 4.80. The molecular formula is C23H30N2. The number of hydrogen-bond donors (Lipinski definition) is 1. The van der Waals surface area contributed by atoms with Gasteiger partial charge in [0.25, 0.3) is 0 Å². The average molecular weight is 335 g/mol. The Morgan fingerprint density at radius 1 is 1.00 bits per heavy atom. The van der Waals surface area contributed by atoms with Crippen LogP contribution in [0, 0.1) is 11.3 Å². The molecular weight excluding hydrogens is 304 g/mol. The van der Waals surface area contributed by atoms with Gasteiger partial charge in [0.05, 0.1) is 0 Å². The zero-order valence-corrected chi connectivity index (χ0v) is 15.4. The van der Waals surface area contributed by atoms with Gasteiger partial charge in [-0.2, -0.15) is 0 Å². The monoisotopic (exact) mass is 334 g/mol. The first kappa shape index (κ1) is 16.7. The molecule has 1 saturated heterocycles. The van der Waals surface area contributed by atoms with Crippen molar-refractivity contribution in [2.45, 2.75) is 39.2 Å². The van der Waals surface area contributed by atoms with Crippen LogP contribution in [0.1, 0.15) is 37.3 Å². The van der Waals surface area contributed by atoms with Crippen LogP contribution in [0.5, 0.6) is 0 Å². The van der Waals surface area contributed by atoms with Crippen molar-refractivity contribution in [1.29, 1.82) is 0 Å². The highest BCUT2D eigenvalue weighted by Gasteiger charge is 2.54. The summed E-state index contributed by atoms with van der Waals surface area (Å²) >= 11 is 0. The maximum absolute atomic E-state index is 3.69. The van der Waals surface area contributed by atoms with E-state index in [2.05, 4.69) is 71.7 Å². The fraction of sp³-hybridized carbons (Fsp3) is 0.478. The van der Waals surface area contributed by atoms with E-state index in [1.165, 1.54) is 49.2 Å². The second-order valence-corrected chi connectivity index (χ2v) is 7.96. The molecule has 2 aromatic carbocycles. The number of hydrogen-bond acceptors (Lipinski definition) is 2. The van der Waals surface area contributed by atoms with Crippen molar-refractivity contribution in [3.05, 3.63) is 65.7 Å². The lowest BCUT2D eigenvalue weighted by molar-refractivity contribution is 0.157. The van der Waals surface area contributed by atoms with E-state index in [0.717, 1.165) is 25.4 Å². The fourth-order valence-corrected chi connectivity index (χ4v) is 4.47. The van der Waals surface area contributed by atoms with Gasteiger partial charge >= 0.3 is 0 Å². The predicted octanol–water partition coefficient (Wildman–Crippen LogP) is 4.96. The second kappa shape index (κ2) is 7.21. The molecule has 0 amide bonds. The number of nitrogens with one attached hydrogen (secondary N) is 1. The highest BCUT2D eigenvalue weighted by atomic mass is 15.1. The molecule has 1 unspecified atom stereocenters. The quantitative estimate of drug-likeness (QED) is 0.803. The molecule has 25 heavy (non-hydrogen) atoms. The van der Waals surface area contributed by atoms with E-state index in [1.54, 1.807) is 0 Å². The lowest BCUT2D eigenvalue weighted by atomic mass is 9.90. The van der Waals surface area contributed by atoms with Crippen LogP contribution in [-0.2, 0) is 13.0 Å². The van der Waals surface area contributed by atoms with Crippen LogP contribution in [0.2, 0.25) is 0 Å². The van der Waals surface area contributed by atoms with Gasteiger partial charge in [-0.15, -0.1) is 0 Å². The molecule has 2 nitrogen and oxygen atoms in total. The Morgan fingerprint density at radius 2 is 1.76 bits per heavy atom. The first-order valence-corrected chi connectivity index (χ1v) is 9.86. The van der Waals surface area contributed by atoms with Gasteiger partial charge in [-0.3, -0.25) is 4.90 Å². The topological polar surface area (TPSA) is 15.3 Å². The Hall–Kier alpha value is -1.80. The van der Waals surface area contributed by atoms with Crippen LogP contribution < -0.4 is 5.32 Å². The van der Waals surface area contributed by atoms with Crippen molar-refractivity contribution in [3.8, 4) is 0 Å². The first-order chi connectivity index (χ1) is 12.3. The minimum absolute atomic E-state index is 0.641. The van der Waals surface area contributed by atoms with E-state index in [-0.39, 0.29) is 0 Å². The number of aryl methyl sites for hydroxylation is 1. The number of piperidine rings is 1. The summed E-state index contributed by atoms with van der Waals surface area (Å²) in [6.45, 7) is 7.00. The third-order valence-electron chi connectivity index (χ3n) is 6.35. The number of rotatable bonds is 6. The van der Waals surface area contributed by atoms with Crippen molar-refractivity contribution >= 4 is 5.69 Å². The standard InChI is InChI=1S/C23H30N2/c1-2-19-9-6-10-22(15-19)24-17-21-16-23(21)11-13-25(14-12-23)18-20-7-4-3-5-8-20/h3-10,15,21,24H,2,11-14,16-18H2,1H3. The normalized spacial score (nSPS) is 22.0. The summed E-state index contributed by atoms with van der Waals surface area (Å²) in [5, 5.41) is 3.69. The third-order valence-corrected chi connectivity index (χ3v) is 6.35. The van der Waals surface area contributed by atoms with Gasteiger partial charge in [0, 0.05) is 18.8 Å². The zero-order chi connectivity index (χ0) is 17.1. The summed E-state index contributed by atoms with van der Waals surface area (Å²) < 4.78 is 0. The molecule has 1 saturated carbocycles. The third kappa shape index (κ3) is 3.90. The van der Waals surface area contributed by atoms with E-state index >= 15 is 0 Å². The minimum atomic E-state index is 0.641. The summed E-state index contributed by atoms with van der Waals surface area (Å²) in [7, 11) is 0. The summed E-state index contributed by atoms with van der Waals surface area (Å²) in [5.74, 6) is 0.872. The maximum Gasteiger partial charge on any atom is 0.0343 e. The van der Waals surface area contributed by atoms with Crippen LogP contribution in [0.15, 0.2) is 54.6 Å². The lowest BCUT2D eigenvalue weighted by Gasteiger charge is -2.33. The highest BCUT2D eigenvalue weighted by molar-refractivity contribution is 5.46. The highest BCUT2D eigenvalue weighted by Crippen LogP contribution is 2.59. The number of likely N-dealkylation sites (tertiary alicyclic amines) is 1. The molecule has 1 spiro atoms. The molecule has 1 heterocycles. The molecule has 2 aromatic rings. The van der Waals surface area contributed by atoms with Crippen LogP contribution in [0.3, 0.4) is 0 Å². The van der Waals surface area contributed by atoms with Gasteiger partial charge in [-0.05, 0) is 73.4 Å². The molecule has 2 heteroatoms. The zero-order valence-electron chi connectivity index (χ0n) is 15.4. The summed E-state index contributed by atoms with van der Waals surface area (Å²) in [4.78, 5) is 2.63. The van der Waals surface area contributed by atoms with Crippen molar-refractivity contribution in [1.82, 2.24) is 4.90 Å². The first-order valence-electron chi connectivity index (χ1n) is 9.86. The number of anilines is 1. The fourth-order valence-electron chi connectivity index (χ4n) is 4.47. The molecule has 0 aromatic heterocycles. The van der Waals surface area contributed by atoms with Crippen molar-refractivity contribution in [3.63, 3.8) is 0 Å². The molecule has 2 aliphatic rings. The molecule has 1 aliphatic carbocycles. The molecule has 0 radical (unpaired) electrons. The Morgan fingerprint density at radius 3 is 2.52 bits per heavy atom. The Balaban J connectivity index is 1.24. The maximum atomic E-state index is 3.69. The van der Waals surface area contributed by atoms with Gasteiger partial charge in [-0.1, -0.05) is 49.4 Å². The summed E-state index contributed by atoms with van der Waals surface area (Å²) in [5.41, 5.74) is 4.80.